The number of nitrogens with zero attached hydrogens (tertiary/aromatic N) is 4. The third-order valence-electron chi connectivity index (χ3n) is 4.91. The van der Waals surface area contributed by atoms with E-state index in [4.69, 9.17) is 9.47 Å². The highest BCUT2D eigenvalue weighted by Crippen LogP contribution is 2.37. The topological polar surface area (TPSA) is 137 Å². The molecular formula is C24H25N5O6. The van der Waals surface area contributed by atoms with Gasteiger partial charge in [0, 0.05) is 12.7 Å². The maximum absolute atomic E-state index is 12.2. The van der Waals surface area contributed by atoms with Crippen molar-refractivity contribution >= 4 is 40.6 Å². The number of nitro groups is 1. The Morgan fingerprint density at radius 1 is 1.09 bits per heavy atom. The molecule has 0 aliphatic carbocycles. The van der Waals surface area contributed by atoms with Crippen molar-refractivity contribution in [3.05, 3.63) is 76.1 Å². The average Bonchev–Trinajstić information content (AvgIpc) is 2.86. The fourth-order valence-corrected chi connectivity index (χ4v) is 3.19. The molecule has 11 heteroatoms. The van der Waals surface area contributed by atoms with Gasteiger partial charge in [-0.1, -0.05) is 26.0 Å². The molecule has 0 amide bonds. The molecule has 0 atom stereocenters. The van der Waals surface area contributed by atoms with Crippen molar-refractivity contribution < 1.29 is 24.0 Å². The van der Waals surface area contributed by atoms with Crippen molar-refractivity contribution in [3.63, 3.8) is 0 Å². The molecule has 0 spiro atoms. The summed E-state index contributed by atoms with van der Waals surface area (Å²) >= 11 is 0. The normalized spacial score (nSPS) is 10.5. The second-order valence-electron chi connectivity index (χ2n) is 7.91. The molecule has 182 valence electrons. The number of carbonyl (C=O) groups is 2. The predicted molar refractivity (Wildman–Crippen MR) is 129 cm³/mol. The van der Waals surface area contributed by atoms with Crippen molar-refractivity contribution in [3.8, 4) is 0 Å². The molecule has 1 heterocycles. The number of rotatable bonds is 9. The van der Waals surface area contributed by atoms with Gasteiger partial charge in [0.25, 0.3) is 0 Å². The summed E-state index contributed by atoms with van der Waals surface area (Å²) in [6.07, 6.45) is 1.18. The molecule has 1 aromatic heterocycles. The van der Waals surface area contributed by atoms with E-state index in [1.807, 2.05) is 13.8 Å². The van der Waals surface area contributed by atoms with Crippen LogP contribution in [0.4, 0.5) is 28.7 Å². The highest BCUT2D eigenvalue weighted by atomic mass is 16.6. The number of carbonyl (C=O) groups excluding carboxylic acids is 2. The summed E-state index contributed by atoms with van der Waals surface area (Å²) in [5, 5.41) is 14.9. The molecule has 3 rings (SSSR count). The monoisotopic (exact) mass is 479 g/mol. The van der Waals surface area contributed by atoms with Gasteiger partial charge in [-0.2, -0.15) is 0 Å². The van der Waals surface area contributed by atoms with Crippen molar-refractivity contribution in [2.75, 3.05) is 31.0 Å². The molecule has 1 N–H and O–H groups in total. The Morgan fingerprint density at radius 2 is 1.77 bits per heavy atom. The molecule has 0 aliphatic heterocycles. The van der Waals surface area contributed by atoms with Crippen LogP contribution < -0.4 is 10.2 Å². The van der Waals surface area contributed by atoms with E-state index < -0.39 is 22.5 Å². The highest BCUT2D eigenvalue weighted by Gasteiger charge is 2.28. The fourth-order valence-electron chi connectivity index (χ4n) is 3.19. The Kier molecular flexibility index (Phi) is 7.92. The van der Waals surface area contributed by atoms with Gasteiger partial charge in [0.1, 0.15) is 6.33 Å². The SMILES string of the molecule is COC(=O)c1ccccc1N(C)c1ncnc(Nc2ccc(C(=O)OCC(C)C)cc2)c1[N+](=O)[O-]. The lowest BCUT2D eigenvalue weighted by molar-refractivity contribution is -0.383. The third kappa shape index (κ3) is 5.88. The number of nitrogens with one attached hydrogen (secondary N) is 1. The van der Waals surface area contributed by atoms with Gasteiger partial charge in [0.2, 0.25) is 11.6 Å². The number of hydrogen-bond donors (Lipinski definition) is 1. The van der Waals surface area contributed by atoms with E-state index in [-0.39, 0.29) is 23.1 Å². The van der Waals surface area contributed by atoms with Crippen molar-refractivity contribution in [1.29, 1.82) is 0 Å². The van der Waals surface area contributed by atoms with Crippen LogP contribution in [0.1, 0.15) is 34.6 Å². The van der Waals surface area contributed by atoms with Crippen LogP contribution in [0.5, 0.6) is 0 Å². The number of para-hydroxylation sites is 1. The van der Waals surface area contributed by atoms with E-state index in [0.29, 0.717) is 23.5 Å². The van der Waals surface area contributed by atoms with Crippen LogP contribution in [-0.2, 0) is 9.47 Å². The molecule has 0 radical (unpaired) electrons. The van der Waals surface area contributed by atoms with E-state index in [0.717, 1.165) is 0 Å². The minimum atomic E-state index is -0.605. The van der Waals surface area contributed by atoms with Gasteiger partial charge in [-0.15, -0.1) is 0 Å². The average molecular weight is 479 g/mol. The molecule has 0 saturated heterocycles. The number of ether oxygens (including phenoxy) is 2. The molecule has 0 bridgehead atoms. The van der Waals surface area contributed by atoms with Crippen LogP contribution in [-0.4, -0.2) is 47.6 Å². The standard InChI is InChI=1S/C24H25N5O6/c1-15(2)13-35-23(30)16-9-11-17(12-10-16)27-21-20(29(32)33)22(26-14-25-21)28(3)19-8-6-5-7-18(19)24(31)34-4/h5-12,14-15H,13H2,1-4H3,(H,25,26,27). The lowest BCUT2D eigenvalue weighted by Crippen LogP contribution is -2.18. The van der Waals surface area contributed by atoms with Gasteiger partial charge in [-0.25, -0.2) is 19.6 Å². The molecule has 0 fully saturated rings. The van der Waals surface area contributed by atoms with E-state index in [1.165, 1.54) is 18.3 Å². The Balaban J connectivity index is 1.92. The summed E-state index contributed by atoms with van der Waals surface area (Å²) < 4.78 is 10.0. The zero-order valence-corrected chi connectivity index (χ0v) is 19.7. The number of benzene rings is 2. The maximum Gasteiger partial charge on any atom is 0.354 e. The quantitative estimate of drug-likeness (QED) is 0.265. The summed E-state index contributed by atoms with van der Waals surface area (Å²) in [6.45, 7) is 4.19. The van der Waals surface area contributed by atoms with Crippen LogP contribution >= 0.6 is 0 Å². The van der Waals surface area contributed by atoms with Crippen LogP contribution in [0.2, 0.25) is 0 Å². The second kappa shape index (κ2) is 11.1. The molecule has 35 heavy (non-hydrogen) atoms. The zero-order chi connectivity index (χ0) is 25.5. The Hall–Kier alpha value is -4.54. The van der Waals surface area contributed by atoms with Gasteiger partial charge in [-0.05, 0) is 42.3 Å². The second-order valence-corrected chi connectivity index (χ2v) is 7.91. The number of esters is 2. The third-order valence-corrected chi connectivity index (χ3v) is 4.91. The van der Waals surface area contributed by atoms with Crippen LogP contribution in [0.25, 0.3) is 0 Å². The molecule has 0 aliphatic rings. The molecular weight excluding hydrogens is 454 g/mol. The van der Waals surface area contributed by atoms with Crippen LogP contribution in [0.15, 0.2) is 54.9 Å². The van der Waals surface area contributed by atoms with Gasteiger partial charge < -0.3 is 19.7 Å². The Bertz CT molecular complexity index is 1230. The number of aromatic nitrogens is 2. The van der Waals surface area contributed by atoms with Gasteiger partial charge in [0.15, 0.2) is 0 Å². The predicted octanol–water partition coefficient (Wildman–Crippen LogP) is 4.50. The minimum absolute atomic E-state index is 0.0299. The van der Waals surface area contributed by atoms with E-state index in [2.05, 4.69) is 15.3 Å². The first-order valence-electron chi connectivity index (χ1n) is 10.7. The maximum atomic E-state index is 12.2. The van der Waals surface area contributed by atoms with Gasteiger partial charge >= 0.3 is 17.6 Å². The van der Waals surface area contributed by atoms with E-state index >= 15 is 0 Å². The summed E-state index contributed by atoms with van der Waals surface area (Å²) in [5.41, 5.74) is 1.02. The molecule has 3 aromatic rings. The molecule has 0 saturated carbocycles. The number of anilines is 4. The summed E-state index contributed by atoms with van der Waals surface area (Å²) in [4.78, 5) is 45.3. The lowest BCUT2D eigenvalue weighted by atomic mass is 10.1. The Labute approximate surface area is 201 Å². The summed E-state index contributed by atoms with van der Waals surface area (Å²) in [6, 6.07) is 12.8. The van der Waals surface area contributed by atoms with Crippen molar-refractivity contribution in [2.24, 2.45) is 5.92 Å². The van der Waals surface area contributed by atoms with E-state index in [9.17, 15) is 19.7 Å². The number of hydrogen-bond acceptors (Lipinski definition) is 10. The first-order valence-corrected chi connectivity index (χ1v) is 10.7. The van der Waals surface area contributed by atoms with Crippen LogP contribution in [0, 0.1) is 16.0 Å². The summed E-state index contributed by atoms with van der Waals surface area (Å²) in [5.74, 6) is -0.915. The smallest absolute Gasteiger partial charge is 0.354 e. The van der Waals surface area contributed by atoms with Crippen molar-refractivity contribution in [1.82, 2.24) is 9.97 Å². The first-order chi connectivity index (χ1) is 16.7. The van der Waals surface area contributed by atoms with Crippen LogP contribution in [0.3, 0.4) is 0 Å². The summed E-state index contributed by atoms with van der Waals surface area (Å²) in [7, 11) is 2.81. The highest BCUT2D eigenvalue weighted by molar-refractivity contribution is 5.97. The molecule has 11 nitrogen and oxygen atoms in total. The fraction of sp³-hybridized carbons (Fsp3) is 0.250. The first kappa shape index (κ1) is 25.1. The molecule has 2 aromatic carbocycles. The largest absolute Gasteiger partial charge is 0.465 e. The van der Waals surface area contributed by atoms with Gasteiger partial charge in [0.05, 0.1) is 35.5 Å². The molecule has 0 unspecified atom stereocenters. The van der Waals surface area contributed by atoms with Gasteiger partial charge in [-0.3, -0.25) is 10.1 Å². The van der Waals surface area contributed by atoms with Crippen molar-refractivity contribution in [2.45, 2.75) is 13.8 Å². The van der Waals surface area contributed by atoms with E-state index in [1.54, 1.807) is 55.6 Å². The zero-order valence-electron chi connectivity index (χ0n) is 19.7. The lowest BCUT2D eigenvalue weighted by Gasteiger charge is -2.21. The number of methoxy groups -OCH3 is 1. The minimum Gasteiger partial charge on any atom is -0.465 e. The Morgan fingerprint density at radius 3 is 2.40 bits per heavy atom.